The van der Waals surface area contributed by atoms with Crippen LogP contribution in [-0.4, -0.2) is 33.1 Å². The third-order valence-electron chi connectivity index (χ3n) is 3.76. The molecule has 0 spiro atoms. The van der Waals surface area contributed by atoms with Crippen LogP contribution in [0.3, 0.4) is 0 Å². The van der Waals surface area contributed by atoms with Crippen molar-refractivity contribution in [2.24, 2.45) is 5.92 Å². The Balaban J connectivity index is 2.15. The van der Waals surface area contributed by atoms with Crippen LogP contribution in [0.4, 0.5) is 4.79 Å². The summed E-state index contributed by atoms with van der Waals surface area (Å²) in [6.45, 7) is 9.83. The quantitative estimate of drug-likeness (QED) is 0.729. The van der Waals surface area contributed by atoms with Gasteiger partial charge in [0, 0.05) is 31.5 Å². The van der Waals surface area contributed by atoms with Crippen molar-refractivity contribution < 1.29 is 4.79 Å². The van der Waals surface area contributed by atoms with Gasteiger partial charge in [0.25, 0.3) is 0 Å². The second kappa shape index (κ2) is 9.28. The van der Waals surface area contributed by atoms with Crippen molar-refractivity contribution in [2.75, 3.05) is 6.54 Å². The molecular formula is C19H26Cl2N4O. The monoisotopic (exact) mass is 396 g/mol. The summed E-state index contributed by atoms with van der Waals surface area (Å²) in [5.74, 6) is 1.20. The standard InChI is InChI=1S/C19H26Cl2N4O/c1-13(2)10-25(19(26)23-14(3)4)12-18-22-7-8-24(18)11-15-5-6-16(20)17(21)9-15/h5-9,13-14H,10-12H2,1-4H3,(H,23,26). The number of carbonyl (C=O) groups is 1. The topological polar surface area (TPSA) is 50.2 Å². The van der Waals surface area contributed by atoms with E-state index in [1.807, 2.05) is 36.7 Å². The summed E-state index contributed by atoms with van der Waals surface area (Å²) in [6, 6.07) is 5.60. The normalized spacial score (nSPS) is 11.2. The highest BCUT2D eigenvalue weighted by atomic mass is 35.5. The van der Waals surface area contributed by atoms with Gasteiger partial charge in [-0.3, -0.25) is 0 Å². The first-order valence-electron chi connectivity index (χ1n) is 8.75. The van der Waals surface area contributed by atoms with Crippen LogP contribution in [0, 0.1) is 5.92 Å². The van der Waals surface area contributed by atoms with Gasteiger partial charge in [0.1, 0.15) is 5.82 Å². The molecule has 1 heterocycles. The van der Waals surface area contributed by atoms with Crippen molar-refractivity contribution in [3.05, 3.63) is 52.0 Å². The van der Waals surface area contributed by atoms with Crippen LogP contribution in [0.15, 0.2) is 30.6 Å². The Hall–Kier alpha value is -1.72. The van der Waals surface area contributed by atoms with Gasteiger partial charge < -0.3 is 14.8 Å². The zero-order valence-corrected chi connectivity index (χ0v) is 17.2. The fraction of sp³-hybridized carbons (Fsp3) is 0.474. The van der Waals surface area contributed by atoms with Crippen LogP contribution < -0.4 is 5.32 Å². The molecule has 0 aliphatic rings. The van der Waals surface area contributed by atoms with E-state index in [-0.39, 0.29) is 12.1 Å². The lowest BCUT2D eigenvalue weighted by atomic mass is 10.2. The lowest BCUT2D eigenvalue weighted by molar-refractivity contribution is 0.183. The van der Waals surface area contributed by atoms with E-state index in [0.717, 1.165) is 11.4 Å². The van der Waals surface area contributed by atoms with E-state index in [4.69, 9.17) is 23.2 Å². The van der Waals surface area contributed by atoms with Gasteiger partial charge in [-0.25, -0.2) is 9.78 Å². The first-order valence-corrected chi connectivity index (χ1v) is 9.51. The predicted octanol–water partition coefficient (Wildman–Crippen LogP) is 4.81. The number of nitrogens with one attached hydrogen (secondary N) is 1. The highest BCUT2D eigenvalue weighted by molar-refractivity contribution is 6.42. The molecule has 0 saturated carbocycles. The molecule has 26 heavy (non-hydrogen) atoms. The minimum Gasteiger partial charge on any atom is -0.336 e. The van der Waals surface area contributed by atoms with Gasteiger partial charge in [-0.15, -0.1) is 0 Å². The van der Waals surface area contributed by atoms with E-state index in [1.165, 1.54) is 0 Å². The summed E-state index contributed by atoms with van der Waals surface area (Å²) >= 11 is 12.1. The van der Waals surface area contributed by atoms with Crippen LogP contribution in [0.2, 0.25) is 10.0 Å². The van der Waals surface area contributed by atoms with Gasteiger partial charge in [0.2, 0.25) is 0 Å². The van der Waals surface area contributed by atoms with Gasteiger partial charge in [-0.05, 0) is 37.5 Å². The van der Waals surface area contributed by atoms with Crippen LogP contribution in [0.5, 0.6) is 0 Å². The van der Waals surface area contributed by atoms with Gasteiger partial charge in [-0.2, -0.15) is 0 Å². The number of aromatic nitrogens is 2. The number of urea groups is 1. The average Bonchev–Trinajstić information content (AvgIpc) is 2.96. The molecule has 0 fully saturated rings. The van der Waals surface area contributed by atoms with Crippen LogP contribution >= 0.6 is 23.2 Å². The van der Waals surface area contributed by atoms with Gasteiger partial charge in [0.15, 0.2) is 0 Å². The second-order valence-electron chi connectivity index (χ2n) is 7.10. The Kier molecular flexibility index (Phi) is 7.35. The molecule has 1 aromatic carbocycles. The fourth-order valence-corrected chi connectivity index (χ4v) is 2.96. The number of benzene rings is 1. The maximum Gasteiger partial charge on any atom is 0.318 e. The predicted molar refractivity (Wildman–Crippen MR) is 107 cm³/mol. The molecule has 2 amide bonds. The lowest BCUT2D eigenvalue weighted by Crippen LogP contribution is -2.44. The number of imidazole rings is 1. The Morgan fingerprint density at radius 1 is 1.23 bits per heavy atom. The lowest BCUT2D eigenvalue weighted by Gasteiger charge is -2.26. The smallest absolute Gasteiger partial charge is 0.318 e. The summed E-state index contributed by atoms with van der Waals surface area (Å²) in [5.41, 5.74) is 1.03. The SMILES string of the molecule is CC(C)CN(Cc1nccn1Cc1ccc(Cl)c(Cl)c1)C(=O)NC(C)C. The molecule has 7 heteroatoms. The van der Waals surface area contributed by atoms with Crippen LogP contribution in [-0.2, 0) is 13.1 Å². The molecule has 0 unspecified atom stereocenters. The third-order valence-corrected chi connectivity index (χ3v) is 4.49. The summed E-state index contributed by atoms with van der Waals surface area (Å²) in [5, 5.41) is 4.03. The molecule has 2 rings (SSSR count). The first kappa shape index (κ1) is 20.6. The number of hydrogen-bond donors (Lipinski definition) is 1. The van der Waals surface area contributed by atoms with Gasteiger partial charge >= 0.3 is 6.03 Å². The van der Waals surface area contributed by atoms with E-state index in [2.05, 4.69) is 24.1 Å². The van der Waals surface area contributed by atoms with Gasteiger partial charge in [0.05, 0.1) is 16.6 Å². The Morgan fingerprint density at radius 2 is 1.96 bits per heavy atom. The Morgan fingerprint density at radius 3 is 2.58 bits per heavy atom. The second-order valence-corrected chi connectivity index (χ2v) is 7.91. The molecule has 2 aromatic rings. The van der Waals surface area contributed by atoms with Crippen molar-refractivity contribution in [3.8, 4) is 0 Å². The number of rotatable bonds is 7. The summed E-state index contributed by atoms with van der Waals surface area (Å²) in [7, 11) is 0. The molecular weight excluding hydrogens is 371 g/mol. The van der Waals surface area contributed by atoms with E-state index >= 15 is 0 Å². The van der Waals surface area contributed by atoms with E-state index in [9.17, 15) is 4.79 Å². The maximum absolute atomic E-state index is 12.5. The summed E-state index contributed by atoms with van der Waals surface area (Å²) in [6.07, 6.45) is 3.66. The molecule has 0 radical (unpaired) electrons. The van der Waals surface area contributed by atoms with Crippen LogP contribution in [0.25, 0.3) is 0 Å². The fourth-order valence-electron chi connectivity index (χ4n) is 2.64. The molecule has 1 N–H and O–H groups in total. The largest absolute Gasteiger partial charge is 0.336 e. The van der Waals surface area contributed by atoms with Crippen molar-refractivity contribution >= 4 is 29.2 Å². The van der Waals surface area contributed by atoms with Crippen molar-refractivity contribution in [2.45, 2.75) is 46.8 Å². The van der Waals surface area contributed by atoms with Crippen molar-refractivity contribution in [1.29, 1.82) is 0 Å². The number of halogens is 2. The molecule has 142 valence electrons. The zero-order valence-electron chi connectivity index (χ0n) is 15.7. The van der Waals surface area contributed by atoms with Crippen molar-refractivity contribution in [3.63, 3.8) is 0 Å². The van der Waals surface area contributed by atoms with Gasteiger partial charge in [-0.1, -0.05) is 43.1 Å². The van der Waals surface area contributed by atoms with E-state index in [1.54, 1.807) is 17.2 Å². The average molecular weight is 397 g/mol. The number of amides is 2. The highest BCUT2D eigenvalue weighted by Gasteiger charge is 2.18. The van der Waals surface area contributed by atoms with Crippen LogP contribution in [0.1, 0.15) is 39.1 Å². The van der Waals surface area contributed by atoms with E-state index in [0.29, 0.717) is 35.6 Å². The molecule has 0 aliphatic carbocycles. The molecule has 1 aromatic heterocycles. The van der Waals surface area contributed by atoms with Crippen molar-refractivity contribution in [1.82, 2.24) is 19.8 Å². The molecule has 5 nitrogen and oxygen atoms in total. The summed E-state index contributed by atoms with van der Waals surface area (Å²) in [4.78, 5) is 18.8. The number of nitrogens with zero attached hydrogens (tertiary/aromatic N) is 3. The first-order chi connectivity index (χ1) is 12.3. The Labute approximate surface area is 165 Å². The third kappa shape index (κ3) is 5.92. The minimum absolute atomic E-state index is 0.0715. The number of hydrogen-bond acceptors (Lipinski definition) is 2. The number of carbonyl (C=O) groups excluding carboxylic acids is 1. The molecule has 0 bridgehead atoms. The molecule has 0 aliphatic heterocycles. The minimum atomic E-state index is -0.0715. The molecule has 0 atom stereocenters. The highest BCUT2D eigenvalue weighted by Crippen LogP contribution is 2.23. The molecule has 0 saturated heterocycles. The van der Waals surface area contributed by atoms with E-state index < -0.39 is 0 Å². The summed E-state index contributed by atoms with van der Waals surface area (Å²) < 4.78 is 2.02. The maximum atomic E-state index is 12.5. The zero-order chi connectivity index (χ0) is 19.3. The Bertz CT molecular complexity index is 743.